The van der Waals surface area contributed by atoms with Crippen molar-refractivity contribution in [3.05, 3.63) is 52.9 Å². The Kier molecular flexibility index (Phi) is 5.96. The molecule has 0 saturated heterocycles. The number of carbonyl (C=O) groups is 2. The third-order valence-corrected chi connectivity index (χ3v) is 4.67. The monoisotopic (exact) mass is 349 g/mol. The first-order valence-electron chi connectivity index (χ1n) is 6.97. The standard InChI is InChI=1S/C17H16ClNO3S/c1-3-10-19-17(21)11(2)22-15(20)9-8-14-16(18)12-6-4-5-7-13(12)23-14/h3-9,11H,1,10H2,2H3,(H,19,21)/b9-8+. The van der Waals surface area contributed by atoms with Gasteiger partial charge in [0.2, 0.25) is 0 Å². The summed E-state index contributed by atoms with van der Waals surface area (Å²) in [4.78, 5) is 24.2. The lowest BCUT2D eigenvalue weighted by Gasteiger charge is -2.10. The van der Waals surface area contributed by atoms with Gasteiger partial charge in [-0.05, 0) is 19.1 Å². The third kappa shape index (κ3) is 4.43. The molecule has 1 atom stereocenters. The highest BCUT2D eigenvalue weighted by Gasteiger charge is 2.15. The molecule has 1 aromatic carbocycles. The maximum Gasteiger partial charge on any atom is 0.331 e. The second kappa shape index (κ2) is 7.94. The Bertz CT molecular complexity index is 766. The van der Waals surface area contributed by atoms with Gasteiger partial charge < -0.3 is 10.1 Å². The topological polar surface area (TPSA) is 55.4 Å². The van der Waals surface area contributed by atoms with Gasteiger partial charge in [0.25, 0.3) is 5.91 Å². The molecule has 0 fully saturated rings. The predicted molar refractivity (Wildman–Crippen MR) is 94.6 cm³/mol. The summed E-state index contributed by atoms with van der Waals surface area (Å²) in [5.74, 6) is -0.966. The van der Waals surface area contributed by atoms with E-state index in [2.05, 4.69) is 11.9 Å². The van der Waals surface area contributed by atoms with E-state index in [4.69, 9.17) is 16.3 Å². The van der Waals surface area contributed by atoms with Crippen LogP contribution in [0.15, 0.2) is 43.0 Å². The van der Waals surface area contributed by atoms with Gasteiger partial charge in [0.05, 0.1) is 5.02 Å². The molecule has 1 aromatic heterocycles. The van der Waals surface area contributed by atoms with E-state index in [1.807, 2.05) is 24.3 Å². The molecule has 23 heavy (non-hydrogen) atoms. The van der Waals surface area contributed by atoms with E-state index in [1.165, 1.54) is 24.3 Å². The zero-order valence-corrected chi connectivity index (χ0v) is 14.1. The van der Waals surface area contributed by atoms with E-state index in [0.29, 0.717) is 11.6 Å². The number of hydrogen-bond acceptors (Lipinski definition) is 4. The zero-order chi connectivity index (χ0) is 16.8. The lowest BCUT2D eigenvalue weighted by atomic mass is 10.2. The van der Waals surface area contributed by atoms with Crippen molar-refractivity contribution in [3.8, 4) is 0 Å². The Morgan fingerprint density at radius 2 is 2.17 bits per heavy atom. The van der Waals surface area contributed by atoms with Gasteiger partial charge in [-0.1, -0.05) is 35.9 Å². The van der Waals surface area contributed by atoms with Gasteiger partial charge in [0.1, 0.15) is 0 Å². The second-order valence-corrected chi connectivity index (χ2v) is 6.18. The molecular formula is C17H16ClNO3S. The van der Waals surface area contributed by atoms with Crippen molar-refractivity contribution >= 4 is 51.0 Å². The van der Waals surface area contributed by atoms with Gasteiger partial charge in [0, 0.05) is 27.6 Å². The zero-order valence-electron chi connectivity index (χ0n) is 12.5. The molecule has 1 heterocycles. The number of rotatable bonds is 6. The first-order chi connectivity index (χ1) is 11.0. The van der Waals surface area contributed by atoms with Crippen molar-refractivity contribution in [2.75, 3.05) is 6.54 Å². The quantitative estimate of drug-likeness (QED) is 0.490. The summed E-state index contributed by atoms with van der Waals surface area (Å²) in [7, 11) is 0. The predicted octanol–water partition coefficient (Wildman–Crippen LogP) is 3.80. The normalized spacial score (nSPS) is 12.3. The Morgan fingerprint density at radius 3 is 2.87 bits per heavy atom. The number of nitrogens with one attached hydrogen (secondary N) is 1. The fourth-order valence-corrected chi connectivity index (χ4v) is 3.27. The van der Waals surface area contributed by atoms with E-state index in [-0.39, 0.29) is 5.91 Å². The van der Waals surface area contributed by atoms with Crippen LogP contribution in [0, 0.1) is 0 Å². The molecule has 120 valence electrons. The van der Waals surface area contributed by atoms with E-state index in [9.17, 15) is 9.59 Å². The molecular weight excluding hydrogens is 334 g/mol. The van der Waals surface area contributed by atoms with Gasteiger partial charge in [-0.3, -0.25) is 4.79 Å². The molecule has 0 bridgehead atoms. The molecule has 4 nitrogen and oxygen atoms in total. The average molecular weight is 350 g/mol. The Morgan fingerprint density at radius 1 is 1.43 bits per heavy atom. The van der Waals surface area contributed by atoms with Gasteiger partial charge >= 0.3 is 5.97 Å². The molecule has 2 aromatic rings. The number of halogens is 1. The molecule has 0 radical (unpaired) electrons. The van der Waals surface area contributed by atoms with Crippen molar-refractivity contribution in [2.45, 2.75) is 13.0 Å². The van der Waals surface area contributed by atoms with Crippen LogP contribution in [0.4, 0.5) is 0 Å². The van der Waals surface area contributed by atoms with Gasteiger partial charge in [-0.15, -0.1) is 17.9 Å². The number of benzene rings is 1. The van der Waals surface area contributed by atoms with Crippen molar-refractivity contribution in [2.24, 2.45) is 0 Å². The van der Waals surface area contributed by atoms with Crippen molar-refractivity contribution in [3.63, 3.8) is 0 Å². The van der Waals surface area contributed by atoms with Gasteiger partial charge in [0.15, 0.2) is 6.10 Å². The largest absolute Gasteiger partial charge is 0.449 e. The molecule has 0 aliphatic heterocycles. The second-order valence-electron chi connectivity index (χ2n) is 4.72. The molecule has 1 N–H and O–H groups in total. The number of thiophene rings is 1. The van der Waals surface area contributed by atoms with Crippen LogP contribution in [0.2, 0.25) is 5.02 Å². The molecule has 2 rings (SSSR count). The summed E-state index contributed by atoms with van der Waals surface area (Å²) in [6.45, 7) is 5.33. The number of carbonyl (C=O) groups excluding carboxylic acids is 2. The van der Waals surface area contributed by atoms with Crippen LogP contribution in [0.5, 0.6) is 0 Å². The molecule has 1 amide bonds. The Labute approximate surface area is 143 Å². The lowest BCUT2D eigenvalue weighted by Crippen LogP contribution is -2.35. The number of esters is 1. The molecule has 0 aliphatic rings. The third-order valence-electron chi connectivity index (χ3n) is 3.01. The molecule has 6 heteroatoms. The van der Waals surface area contributed by atoms with Crippen molar-refractivity contribution in [1.29, 1.82) is 0 Å². The van der Waals surface area contributed by atoms with Crippen LogP contribution in [0.3, 0.4) is 0 Å². The summed E-state index contributed by atoms with van der Waals surface area (Å²) in [6, 6.07) is 7.73. The molecule has 0 saturated carbocycles. The highest BCUT2D eigenvalue weighted by atomic mass is 35.5. The summed E-state index contributed by atoms with van der Waals surface area (Å²) < 4.78 is 6.08. The van der Waals surface area contributed by atoms with Gasteiger partial charge in [-0.2, -0.15) is 0 Å². The maximum atomic E-state index is 11.8. The van der Waals surface area contributed by atoms with E-state index < -0.39 is 12.1 Å². The van der Waals surface area contributed by atoms with E-state index in [0.717, 1.165) is 15.0 Å². The number of amides is 1. The molecule has 0 aliphatic carbocycles. The minimum atomic E-state index is -0.870. The highest BCUT2D eigenvalue weighted by molar-refractivity contribution is 7.20. The van der Waals surface area contributed by atoms with Gasteiger partial charge in [-0.25, -0.2) is 4.79 Å². The van der Waals surface area contributed by atoms with Crippen LogP contribution in [-0.2, 0) is 14.3 Å². The smallest absolute Gasteiger partial charge is 0.331 e. The summed E-state index contributed by atoms with van der Waals surface area (Å²) in [6.07, 6.45) is 3.55. The Hall–Kier alpha value is -2.11. The fraction of sp³-hybridized carbons (Fsp3) is 0.176. The SMILES string of the molecule is C=CCNC(=O)C(C)OC(=O)/C=C/c1sc2ccccc2c1Cl. The molecule has 1 unspecified atom stereocenters. The number of fused-ring (bicyclic) bond motifs is 1. The summed E-state index contributed by atoms with van der Waals surface area (Å²) in [5, 5.41) is 4.11. The number of hydrogen-bond donors (Lipinski definition) is 1. The summed E-state index contributed by atoms with van der Waals surface area (Å²) >= 11 is 7.77. The summed E-state index contributed by atoms with van der Waals surface area (Å²) in [5.41, 5.74) is 0. The van der Waals surface area contributed by atoms with Crippen LogP contribution >= 0.6 is 22.9 Å². The minimum Gasteiger partial charge on any atom is -0.449 e. The average Bonchev–Trinajstić information content (AvgIpc) is 2.87. The lowest BCUT2D eigenvalue weighted by molar-refractivity contribution is -0.150. The first-order valence-corrected chi connectivity index (χ1v) is 8.16. The number of ether oxygens (including phenoxy) is 1. The van der Waals surface area contributed by atoms with Crippen molar-refractivity contribution < 1.29 is 14.3 Å². The van der Waals surface area contributed by atoms with Crippen molar-refractivity contribution in [1.82, 2.24) is 5.32 Å². The van der Waals surface area contributed by atoms with Crippen LogP contribution in [0.1, 0.15) is 11.8 Å². The van der Waals surface area contributed by atoms with Crippen LogP contribution < -0.4 is 5.32 Å². The first kappa shape index (κ1) is 17.2. The van der Waals surface area contributed by atoms with Crippen LogP contribution in [0.25, 0.3) is 16.2 Å². The molecule has 0 spiro atoms. The van der Waals surface area contributed by atoms with E-state index >= 15 is 0 Å². The minimum absolute atomic E-state index is 0.327. The highest BCUT2D eigenvalue weighted by Crippen LogP contribution is 2.35. The Balaban J connectivity index is 2.01. The maximum absolute atomic E-state index is 11.8. The van der Waals surface area contributed by atoms with E-state index in [1.54, 1.807) is 12.2 Å². The van der Waals surface area contributed by atoms with Crippen LogP contribution in [-0.4, -0.2) is 24.5 Å². The fourth-order valence-electron chi connectivity index (χ4n) is 1.87.